The van der Waals surface area contributed by atoms with Crippen LogP contribution in [0.5, 0.6) is 5.75 Å². The van der Waals surface area contributed by atoms with Gasteiger partial charge in [0.25, 0.3) is 5.91 Å². The van der Waals surface area contributed by atoms with E-state index in [1.54, 1.807) is 24.3 Å². The number of hydrogen-bond acceptors (Lipinski definition) is 4. The summed E-state index contributed by atoms with van der Waals surface area (Å²) < 4.78 is 5.19. The van der Waals surface area contributed by atoms with Crippen molar-refractivity contribution >= 4 is 23.2 Å². The molecule has 1 aliphatic rings. The molecular formula is C22H27N3O3. The first-order chi connectivity index (χ1) is 13.6. The molecule has 0 aliphatic carbocycles. The number of hydrogen-bond donors (Lipinski definition) is 2. The highest BCUT2D eigenvalue weighted by molar-refractivity contribution is 5.97. The second-order valence-corrected chi connectivity index (χ2v) is 6.95. The van der Waals surface area contributed by atoms with Crippen LogP contribution in [0.1, 0.15) is 35.2 Å². The minimum Gasteiger partial charge on any atom is -0.496 e. The molecule has 0 aromatic heterocycles. The number of anilines is 2. The maximum atomic E-state index is 12.3. The van der Waals surface area contributed by atoms with Gasteiger partial charge < -0.3 is 20.3 Å². The molecule has 1 fully saturated rings. The van der Waals surface area contributed by atoms with Crippen LogP contribution in [0.3, 0.4) is 0 Å². The number of carbonyl (C=O) groups excluding carboxylic acids is 2. The van der Waals surface area contributed by atoms with Gasteiger partial charge in [-0.3, -0.25) is 9.59 Å². The predicted molar refractivity (Wildman–Crippen MR) is 111 cm³/mol. The number of methoxy groups -OCH3 is 1. The molecule has 0 atom stereocenters. The topological polar surface area (TPSA) is 70.7 Å². The number of nitrogens with zero attached hydrogens (tertiary/aromatic N) is 1. The first kappa shape index (κ1) is 19.7. The monoisotopic (exact) mass is 381 g/mol. The Morgan fingerprint density at radius 2 is 1.86 bits per heavy atom. The summed E-state index contributed by atoms with van der Waals surface area (Å²) in [7, 11) is 1.52. The molecule has 0 radical (unpaired) electrons. The summed E-state index contributed by atoms with van der Waals surface area (Å²) >= 11 is 0. The Morgan fingerprint density at radius 3 is 2.57 bits per heavy atom. The number of aryl methyl sites for hydroxylation is 1. The molecule has 148 valence electrons. The average molecular weight is 381 g/mol. The summed E-state index contributed by atoms with van der Waals surface area (Å²) in [5.74, 6) is 0.131. The maximum Gasteiger partial charge on any atom is 0.255 e. The van der Waals surface area contributed by atoms with E-state index in [1.807, 2.05) is 13.0 Å². The standard InChI is InChI=1S/C22H27N3O3/c1-16-15-17(25-13-5-6-14-25)9-10-19(16)24-21(26)11-12-23-22(27)18-7-3-4-8-20(18)28-2/h3-4,7-10,15H,5-6,11-14H2,1-2H3,(H,23,27)(H,24,26). The molecule has 2 aromatic rings. The minimum absolute atomic E-state index is 0.127. The van der Waals surface area contributed by atoms with Gasteiger partial charge in [0.1, 0.15) is 5.75 Å². The molecule has 3 rings (SSSR count). The second kappa shape index (κ2) is 9.26. The first-order valence-corrected chi connectivity index (χ1v) is 9.65. The van der Waals surface area contributed by atoms with Crippen LogP contribution in [0.15, 0.2) is 42.5 Å². The smallest absolute Gasteiger partial charge is 0.255 e. The van der Waals surface area contributed by atoms with Crippen molar-refractivity contribution < 1.29 is 14.3 Å². The van der Waals surface area contributed by atoms with Crippen molar-refractivity contribution in [2.24, 2.45) is 0 Å². The van der Waals surface area contributed by atoms with E-state index in [4.69, 9.17) is 4.74 Å². The number of para-hydroxylation sites is 1. The van der Waals surface area contributed by atoms with Crippen LogP contribution >= 0.6 is 0 Å². The zero-order valence-corrected chi connectivity index (χ0v) is 16.5. The third-order valence-electron chi connectivity index (χ3n) is 4.94. The van der Waals surface area contributed by atoms with Gasteiger partial charge in [-0.1, -0.05) is 12.1 Å². The first-order valence-electron chi connectivity index (χ1n) is 9.65. The lowest BCUT2D eigenvalue weighted by Gasteiger charge is -2.19. The highest BCUT2D eigenvalue weighted by Gasteiger charge is 2.14. The van der Waals surface area contributed by atoms with E-state index in [0.29, 0.717) is 11.3 Å². The molecule has 1 heterocycles. The van der Waals surface area contributed by atoms with Crippen LogP contribution in [0.4, 0.5) is 11.4 Å². The maximum absolute atomic E-state index is 12.3. The van der Waals surface area contributed by atoms with Crippen molar-refractivity contribution in [2.45, 2.75) is 26.2 Å². The van der Waals surface area contributed by atoms with E-state index in [-0.39, 0.29) is 24.8 Å². The van der Waals surface area contributed by atoms with E-state index in [0.717, 1.165) is 24.3 Å². The number of amides is 2. The molecule has 0 unspecified atom stereocenters. The van der Waals surface area contributed by atoms with Crippen LogP contribution in [0, 0.1) is 6.92 Å². The summed E-state index contributed by atoms with van der Waals surface area (Å²) in [5, 5.41) is 5.70. The molecule has 28 heavy (non-hydrogen) atoms. The summed E-state index contributed by atoms with van der Waals surface area (Å²) in [6.07, 6.45) is 2.67. The predicted octanol–water partition coefficient (Wildman–Crippen LogP) is 3.36. The fourth-order valence-electron chi connectivity index (χ4n) is 3.39. The lowest BCUT2D eigenvalue weighted by Crippen LogP contribution is -2.28. The summed E-state index contributed by atoms with van der Waals surface area (Å²) in [4.78, 5) is 26.9. The molecule has 0 saturated carbocycles. The molecule has 0 bridgehead atoms. The van der Waals surface area contributed by atoms with Gasteiger partial charge in [-0.25, -0.2) is 0 Å². The van der Waals surface area contributed by atoms with E-state index in [2.05, 4.69) is 27.7 Å². The van der Waals surface area contributed by atoms with Crippen molar-refractivity contribution in [2.75, 3.05) is 37.0 Å². The zero-order chi connectivity index (χ0) is 19.9. The Balaban J connectivity index is 1.49. The summed E-state index contributed by atoms with van der Waals surface area (Å²) in [5.41, 5.74) is 3.51. The lowest BCUT2D eigenvalue weighted by atomic mass is 10.1. The van der Waals surface area contributed by atoms with Crippen LogP contribution in [0.2, 0.25) is 0 Å². The molecule has 6 heteroatoms. The van der Waals surface area contributed by atoms with Gasteiger partial charge in [-0.05, 0) is 55.7 Å². The number of benzene rings is 2. The molecular weight excluding hydrogens is 354 g/mol. The fraction of sp³-hybridized carbons (Fsp3) is 0.364. The van der Waals surface area contributed by atoms with E-state index >= 15 is 0 Å². The summed E-state index contributed by atoms with van der Waals surface area (Å²) in [6.45, 7) is 4.44. The molecule has 2 aromatic carbocycles. The highest BCUT2D eigenvalue weighted by Crippen LogP contribution is 2.25. The number of nitrogens with one attached hydrogen (secondary N) is 2. The van der Waals surface area contributed by atoms with Gasteiger partial charge in [0.05, 0.1) is 12.7 Å². The van der Waals surface area contributed by atoms with E-state index in [9.17, 15) is 9.59 Å². The van der Waals surface area contributed by atoms with Crippen molar-refractivity contribution in [1.82, 2.24) is 5.32 Å². The van der Waals surface area contributed by atoms with Gasteiger partial charge >= 0.3 is 0 Å². The third kappa shape index (κ3) is 4.82. The molecule has 2 N–H and O–H groups in total. The van der Waals surface area contributed by atoms with Crippen LogP contribution in [-0.4, -0.2) is 38.6 Å². The number of ether oxygens (including phenoxy) is 1. The Morgan fingerprint density at radius 1 is 1.11 bits per heavy atom. The van der Waals surface area contributed by atoms with Gasteiger partial charge in [0, 0.05) is 37.4 Å². The normalized spacial score (nSPS) is 13.3. The average Bonchev–Trinajstić information content (AvgIpc) is 3.24. The van der Waals surface area contributed by atoms with Crippen molar-refractivity contribution in [3.63, 3.8) is 0 Å². The second-order valence-electron chi connectivity index (χ2n) is 6.95. The molecule has 2 amide bonds. The van der Waals surface area contributed by atoms with Crippen LogP contribution in [0.25, 0.3) is 0 Å². The Labute approximate surface area is 165 Å². The van der Waals surface area contributed by atoms with Gasteiger partial charge in [-0.15, -0.1) is 0 Å². The van der Waals surface area contributed by atoms with Gasteiger partial charge in [-0.2, -0.15) is 0 Å². The third-order valence-corrected chi connectivity index (χ3v) is 4.94. The Kier molecular flexibility index (Phi) is 6.53. The van der Waals surface area contributed by atoms with E-state index in [1.165, 1.54) is 25.6 Å². The van der Waals surface area contributed by atoms with Crippen LogP contribution < -0.4 is 20.3 Å². The van der Waals surface area contributed by atoms with Gasteiger partial charge in [0.2, 0.25) is 5.91 Å². The van der Waals surface area contributed by atoms with E-state index < -0.39 is 0 Å². The van der Waals surface area contributed by atoms with Crippen molar-refractivity contribution in [3.05, 3.63) is 53.6 Å². The summed E-state index contributed by atoms with van der Waals surface area (Å²) in [6, 6.07) is 13.1. The minimum atomic E-state index is -0.253. The zero-order valence-electron chi connectivity index (χ0n) is 16.5. The Bertz CT molecular complexity index is 845. The number of rotatable bonds is 7. The Hall–Kier alpha value is -3.02. The highest BCUT2D eigenvalue weighted by atomic mass is 16.5. The quantitative estimate of drug-likeness (QED) is 0.772. The van der Waals surface area contributed by atoms with Gasteiger partial charge in [0.15, 0.2) is 0 Å². The van der Waals surface area contributed by atoms with Crippen molar-refractivity contribution in [3.8, 4) is 5.75 Å². The molecule has 1 saturated heterocycles. The number of carbonyl (C=O) groups is 2. The SMILES string of the molecule is COc1ccccc1C(=O)NCCC(=O)Nc1ccc(N2CCCC2)cc1C. The van der Waals surface area contributed by atoms with Crippen molar-refractivity contribution in [1.29, 1.82) is 0 Å². The van der Waals surface area contributed by atoms with Crippen LogP contribution in [-0.2, 0) is 4.79 Å². The largest absolute Gasteiger partial charge is 0.496 e. The lowest BCUT2D eigenvalue weighted by molar-refractivity contribution is -0.116. The fourth-order valence-corrected chi connectivity index (χ4v) is 3.39. The molecule has 6 nitrogen and oxygen atoms in total. The molecule has 1 aliphatic heterocycles. The molecule has 0 spiro atoms.